The van der Waals surface area contributed by atoms with Crippen molar-refractivity contribution in [2.75, 3.05) is 6.54 Å². The van der Waals surface area contributed by atoms with Gasteiger partial charge in [-0.1, -0.05) is 13.8 Å². The van der Waals surface area contributed by atoms with Gasteiger partial charge < -0.3 is 5.32 Å². The molecule has 41 valence electrons. The van der Waals surface area contributed by atoms with E-state index in [0.29, 0.717) is 5.41 Å². The third kappa shape index (κ3) is 1.16. The molecule has 1 saturated heterocycles. The van der Waals surface area contributed by atoms with Crippen LogP contribution in [0.5, 0.6) is 0 Å². The molecule has 1 nitrogen and oxygen atoms in total. The van der Waals surface area contributed by atoms with Gasteiger partial charge in [-0.25, -0.2) is 0 Å². The SMILES string of the molecule is CC1(C)C[CH]NC1. The zero-order chi connectivity index (χ0) is 5.33. The monoisotopic (exact) mass is 98.1 g/mol. The van der Waals surface area contributed by atoms with Crippen molar-refractivity contribution < 1.29 is 0 Å². The quantitative estimate of drug-likeness (QED) is 0.479. The van der Waals surface area contributed by atoms with Crippen LogP contribution in [0, 0.1) is 12.0 Å². The summed E-state index contributed by atoms with van der Waals surface area (Å²) in [6.07, 6.45) is 1.22. The van der Waals surface area contributed by atoms with E-state index in [0.717, 1.165) is 6.54 Å². The summed E-state index contributed by atoms with van der Waals surface area (Å²) in [5.74, 6) is 0. The fraction of sp³-hybridized carbons (Fsp3) is 0.833. The average Bonchev–Trinajstić information content (AvgIpc) is 1.84. The Morgan fingerprint density at radius 3 is 2.43 bits per heavy atom. The first-order valence-electron chi connectivity index (χ1n) is 2.76. The van der Waals surface area contributed by atoms with E-state index < -0.39 is 0 Å². The fourth-order valence-electron chi connectivity index (χ4n) is 0.769. The van der Waals surface area contributed by atoms with Crippen LogP contribution in [0.3, 0.4) is 0 Å². The first kappa shape index (κ1) is 5.10. The molecule has 0 bridgehead atoms. The maximum Gasteiger partial charge on any atom is 0.0227 e. The maximum absolute atomic E-state index is 3.19. The Bertz CT molecular complexity index is 58.6. The van der Waals surface area contributed by atoms with Gasteiger partial charge in [0.15, 0.2) is 0 Å². The summed E-state index contributed by atoms with van der Waals surface area (Å²) >= 11 is 0. The molecular formula is C6H12N. The Morgan fingerprint density at radius 2 is 2.29 bits per heavy atom. The molecule has 0 saturated carbocycles. The molecule has 0 aromatic carbocycles. The van der Waals surface area contributed by atoms with Crippen LogP contribution in [-0.4, -0.2) is 6.54 Å². The number of hydrogen-bond donors (Lipinski definition) is 1. The van der Waals surface area contributed by atoms with Gasteiger partial charge in [-0.05, 0) is 11.8 Å². The molecule has 1 heterocycles. The topological polar surface area (TPSA) is 12.0 Å². The smallest absolute Gasteiger partial charge is 0.0227 e. The first-order chi connectivity index (χ1) is 3.21. The van der Waals surface area contributed by atoms with E-state index in [4.69, 9.17) is 0 Å². The highest BCUT2D eigenvalue weighted by molar-refractivity contribution is 4.86. The first-order valence-corrected chi connectivity index (χ1v) is 2.76. The normalized spacial score (nSPS) is 28.3. The molecule has 7 heavy (non-hydrogen) atoms. The van der Waals surface area contributed by atoms with Crippen LogP contribution in [0.4, 0.5) is 0 Å². The minimum absolute atomic E-state index is 0.528. The van der Waals surface area contributed by atoms with Crippen molar-refractivity contribution in [3.63, 3.8) is 0 Å². The van der Waals surface area contributed by atoms with E-state index in [2.05, 4.69) is 25.7 Å². The van der Waals surface area contributed by atoms with E-state index in [9.17, 15) is 0 Å². The summed E-state index contributed by atoms with van der Waals surface area (Å²) in [7, 11) is 0. The van der Waals surface area contributed by atoms with Crippen molar-refractivity contribution in [3.8, 4) is 0 Å². The van der Waals surface area contributed by atoms with E-state index in [-0.39, 0.29) is 0 Å². The zero-order valence-corrected chi connectivity index (χ0v) is 4.99. The predicted molar refractivity (Wildman–Crippen MR) is 30.7 cm³/mol. The lowest BCUT2D eigenvalue weighted by molar-refractivity contribution is 0.417. The van der Waals surface area contributed by atoms with Crippen molar-refractivity contribution in [3.05, 3.63) is 6.54 Å². The van der Waals surface area contributed by atoms with Crippen molar-refractivity contribution in [1.82, 2.24) is 5.32 Å². The second-order valence-electron chi connectivity index (χ2n) is 2.95. The lowest BCUT2D eigenvalue weighted by Crippen LogP contribution is -2.14. The molecule has 1 aliphatic heterocycles. The molecule has 1 heteroatoms. The lowest BCUT2D eigenvalue weighted by atomic mass is 9.93. The highest BCUT2D eigenvalue weighted by atomic mass is 14.9. The minimum Gasteiger partial charge on any atom is -0.312 e. The number of rotatable bonds is 0. The predicted octanol–water partition coefficient (Wildman–Crippen LogP) is 1.17. The van der Waals surface area contributed by atoms with Crippen LogP contribution >= 0.6 is 0 Å². The number of hydrogen-bond acceptors (Lipinski definition) is 1. The third-order valence-corrected chi connectivity index (χ3v) is 1.38. The fourth-order valence-corrected chi connectivity index (χ4v) is 0.769. The van der Waals surface area contributed by atoms with E-state index in [1.54, 1.807) is 0 Å². The van der Waals surface area contributed by atoms with Gasteiger partial charge in [-0.15, -0.1) is 0 Å². The van der Waals surface area contributed by atoms with Gasteiger partial charge in [0.25, 0.3) is 0 Å². The van der Waals surface area contributed by atoms with Crippen molar-refractivity contribution in [2.24, 2.45) is 5.41 Å². The van der Waals surface area contributed by atoms with Crippen LogP contribution < -0.4 is 5.32 Å². The summed E-state index contributed by atoms with van der Waals surface area (Å²) in [5.41, 5.74) is 0.528. The lowest BCUT2D eigenvalue weighted by Gasteiger charge is -2.12. The Morgan fingerprint density at radius 1 is 1.57 bits per heavy atom. The van der Waals surface area contributed by atoms with Gasteiger partial charge in [-0.3, -0.25) is 0 Å². The van der Waals surface area contributed by atoms with E-state index in [1.807, 2.05) is 0 Å². The Hall–Kier alpha value is -0.0400. The van der Waals surface area contributed by atoms with Gasteiger partial charge in [0.2, 0.25) is 0 Å². The summed E-state index contributed by atoms with van der Waals surface area (Å²) < 4.78 is 0. The van der Waals surface area contributed by atoms with E-state index >= 15 is 0 Å². The van der Waals surface area contributed by atoms with Gasteiger partial charge in [0.05, 0.1) is 0 Å². The highest BCUT2D eigenvalue weighted by Gasteiger charge is 2.21. The molecule has 1 fully saturated rings. The van der Waals surface area contributed by atoms with Crippen molar-refractivity contribution in [2.45, 2.75) is 20.3 Å². The summed E-state index contributed by atoms with van der Waals surface area (Å²) in [6, 6.07) is 0. The molecule has 1 aliphatic rings. The van der Waals surface area contributed by atoms with Crippen LogP contribution in [-0.2, 0) is 0 Å². The number of nitrogens with one attached hydrogen (secondary N) is 1. The van der Waals surface area contributed by atoms with Crippen molar-refractivity contribution in [1.29, 1.82) is 0 Å². The molecule has 1 N–H and O–H groups in total. The molecule has 0 aromatic rings. The Labute approximate surface area is 45.1 Å². The standard InChI is InChI=1S/C6H12N/c1-6(2)3-4-7-5-6/h4,7H,3,5H2,1-2H3. The van der Waals surface area contributed by atoms with Gasteiger partial charge in [-0.2, -0.15) is 0 Å². The molecule has 0 aromatic heterocycles. The maximum atomic E-state index is 3.19. The summed E-state index contributed by atoms with van der Waals surface area (Å²) in [6.45, 7) is 7.82. The minimum atomic E-state index is 0.528. The van der Waals surface area contributed by atoms with Crippen LogP contribution in [0.1, 0.15) is 20.3 Å². The molecule has 0 amide bonds. The molecule has 0 spiro atoms. The zero-order valence-electron chi connectivity index (χ0n) is 4.99. The van der Waals surface area contributed by atoms with E-state index in [1.165, 1.54) is 6.42 Å². The molecule has 1 rings (SSSR count). The molecular weight excluding hydrogens is 86.1 g/mol. The van der Waals surface area contributed by atoms with Gasteiger partial charge in [0.1, 0.15) is 0 Å². The second-order valence-corrected chi connectivity index (χ2v) is 2.95. The largest absolute Gasteiger partial charge is 0.312 e. The van der Waals surface area contributed by atoms with Gasteiger partial charge in [0, 0.05) is 13.1 Å². The van der Waals surface area contributed by atoms with Gasteiger partial charge >= 0.3 is 0 Å². The Balaban J connectivity index is 2.40. The second kappa shape index (κ2) is 1.48. The third-order valence-electron chi connectivity index (χ3n) is 1.38. The molecule has 1 radical (unpaired) electrons. The highest BCUT2D eigenvalue weighted by Crippen LogP contribution is 2.24. The molecule has 0 atom stereocenters. The Kier molecular flexibility index (Phi) is 1.08. The van der Waals surface area contributed by atoms with Crippen molar-refractivity contribution >= 4 is 0 Å². The van der Waals surface area contributed by atoms with Crippen LogP contribution in [0.25, 0.3) is 0 Å². The van der Waals surface area contributed by atoms with Crippen LogP contribution in [0.2, 0.25) is 0 Å². The molecule has 0 aliphatic carbocycles. The average molecular weight is 98.2 g/mol. The summed E-state index contributed by atoms with van der Waals surface area (Å²) in [4.78, 5) is 0. The van der Waals surface area contributed by atoms with Crippen LogP contribution in [0.15, 0.2) is 0 Å². The molecule has 0 unspecified atom stereocenters. The summed E-state index contributed by atoms with van der Waals surface area (Å²) in [5, 5.41) is 3.19.